The van der Waals surface area contributed by atoms with Gasteiger partial charge >= 0.3 is 0 Å². The van der Waals surface area contributed by atoms with Gasteiger partial charge in [0.1, 0.15) is 15.7 Å². The van der Waals surface area contributed by atoms with E-state index >= 15 is 0 Å². The van der Waals surface area contributed by atoms with Crippen molar-refractivity contribution < 1.29 is 17.6 Å². The number of anilines is 1. The van der Waals surface area contributed by atoms with Gasteiger partial charge in [-0.1, -0.05) is 6.07 Å². The summed E-state index contributed by atoms with van der Waals surface area (Å²) in [7, 11) is -3.50. The number of hydrogen-bond acceptors (Lipinski definition) is 6. The van der Waals surface area contributed by atoms with Gasteiger partial charge in [-0.3, -0.25) is 4.79 Å². The minimum atomic E-state index is -3.50. The Bertz CT molecular complexity index is 1040. The molecule has 0 saturated carbocycles. The van der Waals surface area contributed by atoms with Crippen LogP contribution in [0.15, 0.2) is 40.6 Å². The van der Waals surface area contributed by atoms with Crippen molar-refractivity contribution in [3.63, 3.8) is 0 Å². The minimum Gasteiger partial charge on any atom is -0.319 e. The van der Waals surface area contributed by atoms with Crippen molar-refractivity contribution in [1.82, 2.24) is 4.98 Å². The van der Waals surface area contributed by atoms with Crippen molar-refractivity contribution >= 4 is 44.1 Å². The number of carbonyl (C=O) groups is 1. The highest BCUT2D eigenvalue weighted by Gasteiger charge is 2.19. The molecule has 0 radical (unpaired) electrons. The largest absolute Gasteiger partial charge is 0.319 e. The van der Waals surface area contributed by atoms with Gasteiger partial charge in [0.25, 0.3) is 5.91 Å². The van der Waals surface area contributed by atoms with E-state index in [0.29, 0.717) is 15.6 Å². The Balaban J connectivity index is 1.91. The summed E-state index contributed by atoms with van der Waals surface area (Å²) in [4.78, 5) is 18.1. The first-order valence-corrected chi connectivity index (χ1v) is 10.7. The van der Waals surface area contributed by atoms with Crippen LogP contribution in [0.3, 0.4) is 0 Å². The third-order valence-corrected chi connectivity index (χ3v) is 6.65. The summed E-state index contributed by atoms with van der Waals surface area (Å²) >= 11 is 2.72. The monoisotopic (exact) mass is 396 g/mol. The topological polar surface area (TPSA) is 76.1 Å². The number of nitrogens with one attached hydrogen (secondary N) is 1. The molecule has 0 bridgehead atoms. The normalized spacial score (nSPS) is 11.5. The SMILES string of the molecule is Cc1nc(-c2cccs2)sc1C(=O)Nc1cc(S(C)(=O)=O)ccc1F. The zero-order chi connectivity index (χ0) is 18.2. The van der Waals surface area contributed by atoms with Crippen LogP contribution in [0.5, 0.6) is 0 Å². The molecule has 0 aliphatic heterocycles. The molecule has 25 heavy (non-hydrogen) atoms. The molecule has 2 aromatic heterocycles. The van der Waals surface area contributed by atoms with Crippen molar-refractivity contribution in [1.29, 1.82) is 0 Å². The molecular weight excluding hydrogens is 383 g/mol. The Morgan fingerprint density at radius 3 is 2.68 bits per heavy atom. The number of thiophene rings is 1. The Kier molecular flexibility index (Phi) is 4.72. The summed E-state index contributed by atoms with van der Waals surface area (Å²) in [6.07, 6.45) is 1.02. The molecule has 1 N–H and O–H groups in total. The fraction of sp³-hybridized carbons (Fsp3) is 0.125. The van der Waals surface area contributed by atoms with Crippen molar-refractivity contribution in [3.8, 4) is 9.88 Å². The Morgan fingerprint density at radius 2 is 2.04 bits per heavy atom. The van der Waals surface area contributed by atoms with Crippen LogP contribution < -0.4 is 5.32 Å². The molecule has 2 heterocycles. The van der Waals surface area contributed by atoms with Crippen LogP contribution in [0.1, 0.15) is 15.4 Å². The van der Waals surface area contributed by atoms with E-state index in [9.17, 15) is 17.6 Å². The lowest BCUT2D eigenvalue weighted by atomic mass is 10.3. The predicted octanol–water partition coefficient (Wildman–Crippen LogP) is 3.97. The lowest BCUT2D eigenvalue weighted by Gasteiger charge is -2.07. The first-order chi connectivity index (χ1) is 11.8. The maximum Gasteiger partial charge on any atom is 0.267 e. The molecule has 0 aliphatic carbocycles. The van der Waals surface area contributed by atoms with E-state index in [1.54, 1.807) is 6.92 Å². The zero-order valence-electron chi connectivity index (χ0n) is 13.2. The third-order valence-electron chi connectivity index (χ3n) is 3.35. The maximum atomic E-state index is 13.9. The van der Waals surface area contributed by atoms with Crippen LogP contribution in [0.2, 0.25) is 0 Å². The maximum absolute atomic E-state index is 13.9. The molecule has 0 saturated heterocycles. The van der Waals surface area contributed by atoms with Crippen LogP contribution in [-0.4, -0.2) is 25.6 Å². The third kappa shape index (κ3) is 3.78. The fourth-order valence-electron chi connectivity index (χ4n) is 2.12. The summed E-state index contributed by atoms with van der Waals surface area (Å²) in [6.45, 7) is 1.70. The number of amides is 1. The van der Waals surface area contributed by atoms with Gasteiger partial charge < -0.3 is 5.32 Å². The second kappa shape index (κ2) is 6.66. The Morgan fingerprint density at radius 1 is 1.28 bits per heavy atom. The number of aryl methyl sites for hydroxylation is 1. The summed E-state index contributed by atoms with van der Waals surface area (Å²) in [5, 5.41) is 5.06. The molecule has 130 valence electrons. The first-order valence-electron chi connectivity index (χ1n) is 7.08. The van der Waals surface area contributed by atoms with E-state index in [1.165, 1.54) is 22.7 Å². The molecular formula is C16H13FN2O3S3. The van der Waals surface area contributed by atoms with Gasteiger partial charge in [-0.25, -0.2) is 17.8 Å². The average Bonchev–Trinajstić information content (AvgIpc) is 3.17. The van der Waals surface area contributed by atoms with Crippen molar-refractivity contribution in [2.75, 3.05) is 11.6 Å². The smallest absolute Gasteiger partial charge is 0.267 e. The van der Waals surface area contributed by atoms with E-state index in [1.807, 2.05) is 17.5 Å². The van der Waals surface area contributed by atoms with Crippen LogP contribution in [0, 0.1) is 12.7 Å². The van der Waals surface area contributed by atoms with Crippen molar-refractivity contribution in [2.45, 2.75) is 11.8 Å². The van der Waals surface area contributed by atoms with Gasteiger partial charge in [-0.15, -0.1) is 22.7 Å². The minimum absolute atomic E-state index is 0.0653. The van der Waals surface area contributed by atoms with Crippen LogP contribution in [0.25, 0.3) is 9.88 Å². The molecule has 0 aliphatic rings. The quantitative estimate of drug-likeness (QED) is 0.677. The lowest BCUT2D eigenvalue weighted by molar-refractivity contribution is 0.102. The molecule has 1 aromatic carbocycles. The number of halogens is 1. The highest BCUT2D eigenvalue weighted by Crippen LogP contribution is 2.31. The summed E-state index contributed by atoms with van der Waals surface area (Å²) in [5.74, 6) is -1.23. The van der Waals surface area contributed by atoms with Crippen molar-refractivity contribution in [2.24, 2.45) is 0 Å². The molecule has 3 rings (SSSR count). The molecule has 3 aromatic rings. The number of hydrogen-bond donors (Lipinski definition) is 1. The number of aromatic nitrogens is 1. The Hall–Kier alpha value is -2.10. The first kappa shape index (κ1) is 17.7. The van der Waals surface area contributed by atoms with Crippen molar-refractivity contribution in [3.05, 3.63) is 52.1 Å². The molecule has 0 atom stereocenters. The average molecular weight is 396 g/mol. The lowest BCUT2D eigenvalue weighted by Crippen LogP contribution is -2.13. The number of nitrogens with zero attached hydrogens (tertiary/aromatic N) is 1. The zero-order valence-corrected chi connectivity index (χ0v) is 15.7. The van der Waals surface area contributed by atoms with E-state index < -0.39 is 21.6 Å². The fourth-order valence-corrected chi connectivity index (χ4v) is 4.53. The van der Waals surface area contributed by atoms with Gasteiger partial charge in [-0.05, 0) is 36.6 Å². The van der Waals surface area contributed by atoms with Crippen LogP contribution >= 0.6 is 22.7 Å². The second-order valence-electron chi connectivity index (χ2n) is 5.28. The highest BCUT2D eigenvalue weighted by molar-refractivity contribution is 7.90. The van der Waals surface area contributed by atoms with Crippen LogP contribution in [0.4, 0.5) is 10.1 Å². The summed E-state index contributed by atoms with van der Waals surface area (Å²) < 4.78 is 37.1. The molecule has 1 amide bonds. The molecule has 5 nitrogen and oxygen atoms in total. The van der Waals surface area contributed by atoms with Gasteiger partial charge in [0.15, 0.2) is 9.84 Å². The van der Waals surface area contributed by atoms with E-state index in [0.717, 1.165) is 29.3 Å². The second-order valence-corrected chi connectivity index (χ2v) is 9.24. The number of carbonyl (C=O) groups excluding carboxylic acids is 1. The standard InChI is InChI=1S/C16H13FN2O3S3/c1-9-14(24-16(18-9)13-4-3-7-23-13)15(20)19-12-8-10(25(2,21)22)5-6-11(12)17/h3-8H,1-2H3,(H,19,20). The van der Waals surface area contributed by atoms with Gasteiger partial charge in [0, 0.05) is 6.26 Å². The van der Waals surface area contributed by atoms with E-state index in [4.69, 9.17) is 0 Å². The number of sulfone groups is 1. The van der Waals surface area contributed by atoms with Gasteiger partial charge in [0.05, 0.1) is 21.2 Å². The van der Waals surface area contributed by atoms with Gasteiger partial charge in [-0.2, -0.15) is 0 Å². The number of rotatable bonds is 4. The number of benzene rings is 1. The van der Waals surface area contributed by atoms with E-state index in [2.05, 4.69) is 10.3 Å². The van der Waals surface area contributed by atoms with Gasteiger partial charge in [0.2, 0.25) is 0 Å². The molecule has 9 heteroatoms. The van der Waals surface area contributed by atoms with Crippen LogP contribution in [-0.2, 0) is 9.84 Å². The summed E-state index contributed by atoms with van der Waals surface area (Å²) in [6, 6.07) is 7.08. The predicted molar refractivity (Wildman–Crippen MR) is 97.6 cm³/mol. The summed E-state index contributed by atoms with van der Waals surface area (Å²) in [5.41, 5.74) is 0.351. The molecule has 0 spiro atoms. The molecule has 0 unspecified atom stereocenters. The Labute approximate surface area is 152 Å². The van der Waals surface area contributed by atoms with E-state index in [-0.39, 0.29) is 10.6 Å². The highest BCUT2D eigenvalue weighted by atomic mass is 32.2. The number of thiazole rings is 1. The molecule has 0 fully saturated rings.